The van der Waals surface area contributed by atoms with Crippen molar-refractivity contribution in [2.75, 3.05) is 14.2 Å². The molecule has 0 heterocycles. The van der Waals surface area contributed by atoms with E-state index in [1.807, 2.05) is 13.8 Å². The van der Waals surface area contributed by atoms with Crippen LogP contribution < -0.4 is 9.47 Å². The fourth-order valence-corrected chi connectivity index (χ4v) is 1.46. The zero-order valence-corrected chi connectivity index (χ0v) is 9.95. The van der Waals surface area contributed by atoms with Gasteiger partial charge in [-0.1, -0.05) is 13.8 Å². The van der Waals surface area contributed by atoms with Crippen LogP contribution >= 0.6 is 0 Å². The number of ether oxygens (including phenoxy) is 2. The SMILES string of the molecule is COc1cc(F)c(C(O)C(C)C)cc1OC. The topological polar surface area (TPSA) is 38.7 Å². The molecule has 1 N–H and O–H groups in total. The van der Waals surface area contributed by atoms with Gasteiger partial charge in [0.15, 0.2) is 11.5 Å². The smallest absolute Gasteiger partial charge is 0.163 e. The zero-order chi connectivity index (χ0) is 12.3. The monoisotopic (exact) mass is 228 g/mol. The summed E-state index contributed by atoms with van der Waals surface area (Å²) in [7, 11) is 2.91. The van der Waals surface area contributed by atoms with Crippen LogP contribution in [0.3, 0.4) is 0 Å². The van der Waals surface area contributed by atoms with Crippen LogP contribution in [0, 0.1) is 11.7 Å². The molecule has 0 aliphatic heterocycles. The maximum atomic E-state index is 13.7. The van der Waals surface area contributed by atoms with E-state index >= 15 is 0 Å². The predicted molar refractivity (Wildman–Crippen MR) is 59.3 cm³/mol. The molecule has 16 heavy (non-hydrogen) atoms. The second-order valence-corrected chi connectivity index (χ2v) is 3.92. The Morgan fingerprint density at radius 2 is 1.62 bits per heavy atom. The normalized spacial score (nSPS) is 12.7. The second-order valence-electron chi connectivity index (χ2n) is 3.92. The minimum Gasteiger partial charge on any atom is -0.493 e. The molecule has 1 aromatic carbocycles. The number of methoxy groups -OCH3 is 2. The highest BCUT2D eigenvalue weighted by atomic mass is 19.1. The summed E-state index contributed by atoms with van der Waals surface area (Å²) in [4.78, 5) is 0. The Hall–Kier alpha value is -1.29. The van der Waals surface area contributed by atoms with Gasteiger partial charge < -0.3 is 14.6 Å². The highest BCUT2D eigenvalue weighted by Crippen LogP contribution is 2.34. The second kappa shape index (κ2) is 5.16. The first kappa shape index (κ1) is 12.8. The van der Waals surface area contributed by atoms with Crippen LogP contribution in [0.15, 0.2) is 12.1 Å². The van der Waals surface area contributed by atoms with Gasteiger partial charge in [-0.15, -0.1) is 0 Å². The maximum absolute atomic E-state index is 13.7. The van der Waals surface area contributed by atoms with E-state index in [9.17, 15) is 9.50 Å². The number of hydrogen-bond acceptors (Lipinski definition) is 3. The number of halogens is 1. The molecule has 0 aliphatic carbocycles. The lowest BCUT2D eigenvalue weighted by atomic mass is 9.98. The summed E-state index contributed by atoms with van der Waals surface area (Å²) in [5.74, 6) is 0.185. The van der Waals surface area contributed by atoms with E-state index < -0.39 is 11.9 Å². The highest BCUT2D eigenvalue weighted by Gasteiger charge is 2.19. The van der Waals surface area contributed by atoms with Gasteiger partial charge in [-0.25, -0.2) is 4.39 Å². The van der Waals surface area contributed by atoms with Crippen molar-refractivity contribution in [3.05, 3.63) is 23.5 Å². The Morgan fingerprint density at radius 3 is 2.06 bits per heavy atom. The lowest BCUT2D eigenvalue weighted by molar-refractivity contribution is 0.122. The lowest BCUT2D eigenvalue weighted by Crippen LogP contribution is -2.08. The zero-order valence-electron chi connectivity index (χ0n) is 9.95. The van der Waals surface area contributed by atoms with Gasteiger partial charge in [0.2, 0.25) is 0 Å². The number of hydrogen-bond donors (Lipinski definition) is 1. The fourth-order valence-electron chi connectivity index (χ4n) is 1.46. The summed E-state index contributed by atoms with van der Waals surface area (Å²) in [6.45, 7) is 3.64. The van der Waals surface area contributed by atoms with Crippen molar-refractivity contribution >= 4 is 0 Å². The van der Waals surface area contributed by atoms with Crippen LogP contribution in [-0.2, 0) is 0 Å². The van der Waals surface area contributed by atoms with E-state index in [0.29, 0.717) is 11.5 Å². The molecular formula is C12H17FO3. The van der Waals surface area contributed by atoms with Crippen LogP contribution in [0.2, 0.25) is 0 Å². The summed E-state index contributed by atoms with van der Waals surface area (Å²) in [5.41, 5.74) is 0.229. The van der Waals surface area contributed by atoms with Crippen molar-refractivity contribution in [1.29, 1.82) is 0 Å². The number of rotatable bonds is 4. The summed E-state index contributed by atoms with van der Waals surface area (Å²) < 4.78 is 23.7. The van der Waals surface area contributed by atoms with Crippen LogP contribution in [-0.4, -0.2) is 19.3 Å². The van der Waals surface area contributed by atoms with Gasteiger partial charge in [0.05, 0.1) is 20.3 Å². The van der Waals surface area contributed by atoms with Crippen LogP contribution in [0.5, 0.6) is 11.5 Å². The van der Waals surface area contributed by atoms with Crippen molar-refractivity contribution in [3.8, 4) is 11.5 Å². The van der Waals surface area contributed by atoms with Gasteiger partial charge in [-0.3, -0.25) is 0 Å². The third-order valence-electron chi connectivity index (χ3n) is 2.45. The quantitative estimate of drug-likeness (QED) is 0.860. The van der Waals surface area contributed by atoms with Crippen LogP contribution in [0.1, 0.15) is 25.5 Å². The van der Waals surface area contributed by atoms with E-state index in [-0.39, 0.29) is 11.5 Å². The minimum absolute atomic E-state index is 0.0624. The number of aliphatic hydroxyl groups is 1. The van der Waals surface area contributed by atoms with Crippen molar-refractivity contribution in [3.63, 3.8) is 0 Å². The Kier molecular flexibility index (Phi) is 4.12. The standard InChI is InChI=1S/C12H17FO3/c1-7(2)12(14)8-5-10(15-3)11(16-4)6-9(8)13/h5-7,12,14H,1-4H3. The van der Waals surface area contributed by atoms with Crippen molar-refractivity contribution in [2.24, 2.45) is 5.92 Å². The van der Waals surface area contributed by atoms with Gasteiger partial charge in [-0.2, -0.15) is 0 Å². The summed E-state index contributed by atoms with van der Waals surface area (Å²) in [5, 5.41) is 9.83. The van der Waals surface area contributed by atoms with Crippen molar-refractivity contribution < 1.29 is 19.0 Å². The molecule has 4 heteroatoms. The molecule has 0 amide bonds. The molecule has 0 bridgehead atoms. The molecule has 0 spiro atoms. The van der Waals surface area contributed by atoms with Gasteiger partial charge in [-0.05, 0) is 12.0 Å². The van der Waals surface area contributed by atoms with Crippen LogP contribution in [0.4, 0.5) is 4.39 Å². The minimum atomic E-state index is -0.847. The Morgan fingerprint density at radius 1 is 1.12 bits per heavy atom. The molecule has 0 aromatic heterocycles. The van der Waals surface area contributed by atoms with E-state index in [1.54, 1.807) is 0 Å². The molecule has 90 valence electrons. The summed E-state index contributed by atoms with van der Waals surface area (Å²) >= 11 is 0. The molecule has 1 rings (SSSR count). The Labute approximate surface area is 94.8 Å². The molecule has 0 aliphatic rings. The van der Waals surface area contributed by atoms with Gasteiger partial charge in [0, 0.05) is 11.6 Å². The van der Waals surface area contributed by atoms with E-state index in [2.05, 4.69) is 0 Å². The summed E-state index contributed by atoms with van der Waals surface area (Å²) in [6, 6.07) is 2.69. The molecule has 1 unspecified atom stereocenters. The average molecular weight is 228 g/mol. The largest absolute Gasteiger partial charge is 0.493 e. The van der Waals surface area contributed by atoms with Crippen LogP contribution in [0.25, 0.3) is 0 Å². The fraction of sp³-hybridized carbons (Fsp3) is 0.500. The highest BCUT2D eigenvalue weighted by molar-refractivity contribution is 5.44. The third kappa shape index (κ3) is 2.44. The average Bonchev–Trinajstić information content (AvgIpc) is 2.27. The number of aliphatic hydroxyl groups excluding tert-OH is 1. The first-order valence-corrected chi connectivity index (χ1v) is 5.10. The third-order valence-corrected chi connectivity index (χ3v) is 2.45. The van der Waals surface area contributed by atoms with E-state index in [4.69, 9.17) is 9.47 Å². The van der Waals surface area contributed by atoms with Gasteiger partial charge in [0.1, 0.15) is 5.82 Å². The maximum Gasteiger partial charge on any atom is 0.163 e. The number of benzene rings is 1. The van der Waals surface area contributed by atoms with Gasteiger partial charge in [0.25, 0.3) is 0 Å². The molecule has 1 aromatic rings. The van der Waals surface area contributed by atoms with E-state index in [0.717, 1.165) is 0 Å². The molecule has 3 nitrogen and oxygen atoms in total. The lowest BCUT2D eigenvalue weighted by Gasteiger charge is -2.17. The summed E-state index contributed by atoms with van der Waals surface area (Å²) in [6.07, 6.45) is -0.847. The Bertz CT molecular complexity index is 364. The molecule has 0 saturated heterocycles. The van der Waals surface area contributed by atoms with E-state index in [1.165, 1.54) is 26.4 Å². The molecule has 0 fully saturated rings. The molecule has 0 saturated carbocycles. The molecule has 0 radical (unpaired) electrons. The van der Waals surface area contributed by atoms with Gasteiger partial charge >= 0.3 is 0 Å². The Balaban J connectivity index is 3.21. The molecular weight excluding hydrogens is 211 g/mol. The first-order valence-electron chi connectivity index (χ1n) is 5.10. The molecule has 1 atom stereocenters. The predicted octanol–water partition coefficient (Wildman–Crippen LogP) is 2.53. The van der Waals surface area contributed by atoms with Crippen molar-refractivity contribution in [2.45, 2.75) is 20.0 Å². The van der Waals surface area contributed by atoms with Crippen molar-refractivity contribution in [1.82, 2.24) is 0 Å². The first-order chi connectivity index (χ1) is 7.51.